The summed E-state index contributed by atoms with van der Waals surface area (Å²) in [7, 11) is 1.79. The van der Waals surface area contributed by atoms with Crippen molar-refractivity contribution in [2.75, 3.05) is 59.6 Å². The van der Waals surface area contributed by atoms with E-state index in [9.17, 15) is 0 Å². The molecule has 0 aromatic heterocycles. The first kappa shape index (κ1) is 18.5. The number of nitrogens with one attached hydrogen (secondary N) is 2. The number of ether oxygens (including phenoxy) is 2. The van der Waals surface area contributed by atoms with Crippen molar-refractivity contribution in [2.24, 2.45) is 10.9 Å². The van der Waals surface area contributed by atoms with Crippen LogP contribution in [0.1, 0.15) is 6.92 Å². The quantitative estimate of drug-likeness (QED) is 0.425. The van der Waals surface area contributed by atoms with E-state index in [0.717, 1.165) is 51.1 Å². The summed E-state index contributed by atoms with van der Waals surface area (Å²) >= 11 is 0. The van der Waals surface area contributed by atoms with E-state index < -0.39 is 0 Å². The van der Waals surface area contributed by atoms with Gasteiger partial charge in [0.2, 0.25) is 0 Å². The van der Waals surface area contributed by atoms with Crippen LogP contribution in [0.25, 0.3) is 0 Å². The lowest BCUT2D eigenvalue weighted by atomic mass is 10.1. The van der Waals surface area contributed by atoms with Gasteiger partial charge in [-0.25, -0.2) is 0 Å². The molecule has 0 amide bonds. The normalized spacial score (nSPS) is 17.3. The SMILES string of the molecule is CN=C(NCCOc1ccccc1)NCC(C)CN1CCOCC1. The van der Waals surface area contributed by atoms with Crippen molar-refractivity contribution in [3.63, 3.8) is 0 Å². The highest BCUT2D eigenvalue weighted by molar-refractivity contribution is 5.79. The van der Waals surface area contributed by atoms with Gasteiger partial charge in [-0.3, -0.25) is 9.89 Å². The van der Waals surface area contributed by atoms with Crippen LogP contribution >= 0.6 is 0 Å². The first-order chi connectivity index (χ1) is 11.8. The van der Waals surface area contributed by atoms with Crippen LogP contribution in [0.2, 0.25) is 0 Å². The Morgan fingerprint density at radius 2 is 2.00 bits per heavy atom. The third-order valence-corrected chi connectivity index (χ3v) is 3.92. The Labute approximate surface area is 145 Å². The summed E-state index contributed by atoms with van der Waals surface area (Å²) in [6, 6.07) is 9.84. The number of para-hydroxylation sites is 1. The molecule has 1 aliphatic heterocycles. The molecular formula is C18H30N4O2. The molecule has 1 aromatic rings. The summed E-state index contributed by atoms with van der Waals surface area (Å²) in [5.74, 6) is 2.27. The van der Waals surface area contributed by atoms with Gasteiger partial charge in [-0.15, -0.1) is 0 Å². The van der Waals surface area contributed by atoms with Crippen LogP contribution in [-0.2, 0) is 4.74 Å². The number of benzene rings is 1. The predicted molar refractivity (Wildman–Crippen MR) is 97.7 cm³/mol. The maximum Gasteiger partial charge on any atom is 0.191 e. The molecule has 2 N–H and O–H groups in total. The minimum absolute atomic E-state index is 0.558. The third-order valence-electron chi connectivity index (χ3n) is 3.92. The van der Waals surface area contributed by atoms with Crippen LogP contribution in [0.3, 0.4) is 0 Å². The lowest BCUT2D eigenvalue weighted by molar-refractivity contribution is 0.0320. The number of guanidine groups is 1. The van der Waals surface area contributed by atoms with Crippen LogP contribution in [-0.4, -0.2) is 70.5 Å². The van der Waals surface area contributed by atoms with Gasteiger partial charge in [-0.1, -0.05) is 25.1 Å². The monoisotopic (exact) mass is 334 g/mol. The van der Waals surface area contributed by atoms with Crippen LogP contribution in [0.4, 0.5) is 0 Å². The van der Waals surface area contributed by atoms with E-state index in [1.165, 1.54) is 0 Å². The molecular weight excluding hydrogens is 304 g/mol. The van der Waals surface area contributed by atoms with E-state index in [-0.39, 0.29) is 0 Å². The van der Waals surface area contributed by atoms with Crippen LogP contribution in [0, 0.1) is 5.92 Å². The largest absolute Gasteiger partial charge is 0.492 e. The molecule has 1 fully saturated rings. The van der Waals surface area contributed by atoms with Gasteiger partial charge >= 0.3 is 0 Å². The van der Waals surface area contributed by atoms with Gasteiger partial charge in [0.25, 0.3) is 0 Å². The van der Waals surface area contributed by atoms with E-state index in [0.29, 0.717) is 19.1 Å². The summed E-state index contributed by atoms with van der Waals surface area (Å²) in [5.41, 5.74) is 0. The van der Waals surface area contributed by atoms with Crippen LogP contribution in [0.15, 0.2) is 35.3 Å². The van der Waals surface area contributed by atoms with E-state index in [1.54, 1.807) is 7.05 Å². The lowest BCUT2D eigenvalue weighted by Gasteiger charge is -2.29. The minimum Gasteiger partial charge on any atom is -0.492 e. The van der Waals surface area contributed by atoms with Gasteiger partial charge in [0, 0.05) is 33.2 Å². The Morgan fingerprint density at radius 1 is 1.25 bits per heavy atom. The second-order valence-corrected chi connectivity index (χ2v) is 6.06. The topological polar surface area (TPSA) is 58.1 Å². The van der Waals surface area contributed by atoms with Crippen molar-refractivity contribution in [1.82, 2.24) is 15.5 Å². The van der Waals surface area contributed by atoms with Gasteiger partial charge < -0.3 is 20.1 Å². The standard InChI is InChI=1S/C18H30N4O2/c1-16(15-22-9-12-23-13-10-22)14-21-18(19-2)20-8-11-24-17-6-4-3-5-7-17/h3-7,16H,8-15H2,1-2H3,(H2,19,20,21). The van der Waals surface area contributed by atoms with Gasteiger partial charge in [-0.2, -0.15) is 0 Å². The molecule has 0 radical (unpaired) electrons. The summed E-state index contributed by atoms with van der Waals surface area (Å²) in [6.07, 6.45) is 0. The zero-order valence-electron chi connectivity index (χ0n) is 14.8. The maximum absolute atomic E-state index is 5.66. The number of rotatable bonds is 8. The predicted octanol–water partition coefficient (Wildman–Crippen LogP) is 1.20. The van der Waals surface area contributed by atoms with Crippen LogP contribution in [0.5, 0.6) is 5.75 Å². The van der Waals surface area contributed by atoms with Gasteiger partial charge in [0.1, 0.15) is 12.4 Å². The number of aliphatic imine (C=N–C) groups is 1. The Kier molecular flexibility index (Phi) is 8.41. The Bertz CT molecular complexity index is 475. The molecule has 1 aromatic carbocycles. The molecule has 0 bridgehead atoms. The average Bonchev–Trinajstić information content (AvgIpc) is 2.63. The molecule has 134 valence electrons. The average molecular weight is 334 g/mol. The Balaban J connectivity index is 1.57. The van der Waals surface area contributed by atoms with E-state index in [1.807, 2.05) is 30.3 Å². The summed E-state index contributed by atoms with van der Waals surface area (Å²) in [6.45, 7) is 9.34. The molecule has 1 aliphatic rings. The fourth-order valence-electron chi connectivity index (χ4n) is 2.64. The molecule has 0 saturated carbocycles. The second kappa shape index (κ2) is 10.9. The van der Waals surface area contributed by atoms with Gasteiger partial charge in [0.05, 0.1) is 19.8 Å². The third kappa shape index (κ3) is 7.19. The zero-order chi connectivity index (χ0) is 17.0. The molecule has 0 spiro atoms. The molecule has 1 unspecified atom stereocenters. The first-order valence-corrected chi connectivity index (χ1v) is 8.70. The molecule has 0 aliphatic carbocycles. The Hall–Kier alpha value is -1.79. The lowest BCUT2D eigenvalue weighted by Crippen LogP contribution is -2.44. The zero-order valence-corrected chi connectivity index (χ0v) is 14.8. The fourth-order valence-corrected chi connectivity index (χ4v) is 2.64. The number of nitrogens with zero attached hydrogens (tertiary/aromatic N) is 2. The molecule has 6 nitrogen and oxygen atoms in total. The number of morpholine rings is 1. The van der Waals surface area contributed by atoms with Crippen molar-refractivity contribution in [3.8, 4) is 5.75 Å². The molecule has 1 heterocycles. The summed E-state index contributed by atoms with van der Waals surface area (Å²) < 4.78 is 11.0. The van der Waals surface area contributed by atoms with E-state index in [2.05, 4.69) is 27.4 Å². The summed E-state index contributed by atoms with van der Waals surface area (Å²) in [4.78, 5) is 6.71. The molecule has 1 atom stereocenters. The highest BCUT2D eigenvalue weighted by Crippen LogP contribution is 2.07. The highest BCUT2D eigenvalue weighted by atomic mass is 16.5. The minimum atomic E-state index is 0.558. The van der Waals surface area contributed by atoms with Crippen molar-refractivity contribution < 1.29 is 9.47 Å². The Morgan fingerprint density at radius 3 is 2.71 bits per heavy atom. The van der Waals surface area contributed by atoms with Gasteiger partial charge in [0.15, 0.2) is 5.96 Å². The smallest absolute Gasteiger partial charge is 0.191 e. The van der Waals surface area contributed by atoms with Crippen molar-refractivity contribution in [1.29, 1.82) is 0 Å². The van der Waals surface area contributed by atoms with Crippen molar-refractivity contribution in [3.05, 3.63) is 30.3 Å². The van der Waals surface area contributed by atoms with E-state index >= 15 is 0 Å². The summed E-state index contributed by atoms with van der Waals surface area (Å²) in [5, 5.41) is 6.66. The van der Waals surface area contributed by atoms with E-state index in [4.69, 9.17) is 9.47 Å². The molecule has 24 heavy (non-hydrogen) atoms. The van der Waals surface area contributed by atoms with Crippen molar-refractivity contribution >= 4 is 5.96 Å². The maximum atomic E-state index is 5.66. The number of hydrogen-bond acceptors (Lipinski definition) is 4. The molecule has 1 saturated heterocycles. The van der Waals surface area contributed by atoms with Crippen LogP contribution < -0.4 is 15.4 Å². The first-order valence-electron chi connectivity index (χ1n) is 8.70. The fraction of sp³-hybridized carbons (Fsp3) is 0.611. The van der Waals surface area contributed by atoms with Crippen molar-refractivity contribution in [2.45, 2.75) is 6.92 Å². The highest BCUT2D eigenvalue weighted by Gasteiger charge is 2.13. The number of hydrogen-bond donors (Lipinski definition) is 2. The van der Waals surface area contributed by atoms with Gasteiger partial charge in [-0.05, 0) is 18.1 Å². The second-order valence-electron chi connectivity index (χ2n) is 6.06. The molecule has 6 heteroatoms. The molecule has 2 rings (SSSR count).